The van der Waals surface area contributed by atoms with Crippen LogP contribution >= 0.6 is 0 Å². The molecule has 2 heteroatoms. The number of nitrogens with one attached hydrogen (secondary N) is 1. The summed E-state index contributed by atoms with van der Waals surface area (Å²) in [6, 6.07) is 17.5. The van der Waals surface area contributed by atoms with Gasteiger partial charge in [0.25, 0.3) is 0 Å². The van der Waals surface area contributed by atoms with Crippen LogP contribution in [0.5, 0.6) is 5.75 Å². The van der Waals surface area contributed by atoms with E-state index in [0.29, 0.717) is 12.0 Å². The molecule has 2 aromatic carbocycles. The Kier molecular flexibility index (Phi) is 4.26. The van der Waals surface area contributed by atoms with Gasteiger partial charge in [-0.25, -0.2) is 0 Å². The summed E-state index contributed by atoms with van der Waals surface area (Å²) in [5.41, 5.74) is 4.14. The number of benzene rings is 2. The second kappa shape index (κ2) is 6.31. The number of likely N-dealkylation sites (N-methyl/N-ethyl adjacent to an activating group) is 1. The van der Waals surface area contributed by atoms with Crippen LogP contribution in [0, 0.1) is 6.92 Å². The average Bonchev–Trinajstić information content (AvgIpc) is 2.93. The Hall–Kier alpha value is -1.80. The van der Waals surface area contributed by atoms with Crippen molar-refractivity contribution in [2.45, 2.75) is 32.2 Å². The molecular weight excluding hydrogens is 258 g/mol. The van der Waals surface area contributed by atoms with Gasteiger partial charge in [-0.05, 0) is 37.1 Å². The van der Waals surface area contributed by atoms with Crippen LogP contribution in [0.2, 0.25) is 0 Å². The van der Waals surface area contributed by atoms with Crippen LogP contribution in [0.4, 0.5) is 0 Å². The van der Waals surface area contributed by atoms with E-state index < -0.39 is 0 Å². The van der Waals surface area contributed by atoms with E-state index >= 15 is 0 Å². The Balaban J connectivity index is 1.84. The summed E-state index contributed by atoms with van der Waals surface area (Å²) in [7, 11) is 0. The standard InChI is InChI=1S/C19H23NO/c1-3-20-18(12-15-9-5-4-8-14(15)2)17-13-21-19-11-7-6-10-16(17)19/h4-11,17-18,20H,3,12-13H2,1-2H3. The van der Waals surface area contributed by atoms with Crippen molar-refractivity contribution < 1.29 is 4.74 Å². The Morgan fingerprint density at radius 2 is 1.90 bits per heavy atom. The molecule has 0 saturated heterocycles. The molecule has 0 amide bonds. The van der Waals surface area contributed by atoms with Crippen LogP contribution in [0.25, 0.3) is 0 Å². The Labute approximate surface area is 127 Å². The van der Waals surface area contributed by atoms with Gasteiger partial charge < -0.3 is 10.1 Å². The number of ether oxygens (including phenoxy) is 1. The lowest BCUT2D eigenvalue weighted by molar-refractivity contribution is 0.298. The Morgan fingerprint density at radius 3 is 2.71 bits per heavy atom. The van der Waals surface area contributed by atoms with E-state index in [-0.39, 0.29) is 0 Å². The highest BCUT2D eigenvalue weighted by Crippen LogP contribution is 2.36. The molecule has 0 aliphatic carbocycles. The molecule has 0 radical (unpaired) electrons. The van der Waals surface area contributed by atoms with E-state index in [1.54, 1.807) is 0 Å². The van der Waals surface area contributed by atoms with E-state index in [2.05, 4.69) is 61.6 Å². The van der Waals surface area contributed by atoms with Crippen molar-refractivity contribution in [3.8, 4) is 5.75 Å². The van der Waals surface area contributed by atoms with Gasteiger partial charge in [0.15, 0.2) is 0 Å². The first-order valence-corrected chi connectivity index (χ1v) is 7.79. The van der Waals surface area contributed by atoms with E-state index in [0.717, 1.165) is 25.3 Å². The van der Waals surface area contributed by atoms with Crippen molar-refractivity contribution in [3.63, 3.8) is 0 Å². The lowest BCUT2D eigenvalue weighted by atomic mass is 9.88. The van der Waals surface area contributed by atoms with Crippen LogP contribution in [-0.2, 0) is 6.42 Å². The van der Waals surface area contributed by atoms with Gasteiger partial charge in [0.2, 0.25) is 0 Å². The maximum absolute atomic E-state index is 5.87. The third kappa shape index (κ3) is 2.96. The zero-order valence-corrected chi connectivity index (χ0v) is 12.8. The summed E-state index contributed by atoms with van der Waals surface area (Å²) in [5.74, 6) is 1.48. The molecule has 1 N–H and O–H groups in total. The lowest BCUT2D eigenvalue weighted by Gasteiger charge is -2.24. The van der Waals surface area contributed by atoms with Crippen LogP contribution in [0.3, 0.4) is 0 Å². The molecule has 2 nitrogen and oxygen atoms in total. The van der Waals surface area contributed by atoms with Crippen molar-refractivity contribution in [2.24, 2.45) is 0 Å². The normalized spacial score (nSPS) is 18.1. The zero-order chi connectivity index (χ0) is 14.7. The van der Waals surface area contributed by atoms with Crippen molar-refractivity contribution in [1.82, 2.24) is 5.32 Å². The second-order valence-electron chi connectivity index (χ2n) is 5.75. The molecule has 0 bridgehead atoms. The molecule has 2 aromatic rings. The fourth-order valence-electron chi connectivity index (χ4n) is 3.22. The van der Waals surface area contributed by atoms with Gasteiger partial charge in [0.05, 0.1) is 6.61 Å². The lowest BCUT2D eigenvalue weighted by Crippen LogP contribution is -2.37. The molecule has 1 aliphatic heterocycles. The summed E-state index contributed by atoms with van der Waals surface area (Å²) in [6.07, 6.45) is 1.04. The van der Waals surface area contributed by atoms with Crippen LogP contribution in [0.15, 0.2) is 48.5 Å². The van der Waals surface area contributed by atoms with E-state index in [1.165, 1.54) is 16.7 Å². The van der Waals surface area contributed by atoms with Crippen molar-refractivity contribution in [1.29, 1.82) is 0 Å². The van der Waals surface area contributed by atoms with Gasteiger partial charge in [-0.3, -0.25) is 0 Å². The molecule has 2 atom stereocenters. The van der Waals surface area contributed by atoms with Gasteiger partial charge in [0, 0.05) is 17.5 Å². The summed E-state index contributed by atoms with van der Waals surface area (Å²) >= 11 is 0. The first-order valence-electron chi connectivity index (χ1n) is 7.79. The summed E-state index contributed by atoms with van der Waals surface area (Å²) < 4.78 is 5.87. The molecule has 3 rings (SSSR count). The number of fused-ring (bicyclic) bond motifs is 1. The smallest absolute Gasteiger partial charge is 0.122 e. The predicted octanol–water partition coefficient (Wildman–Crippen LogP) is 3.69. The first kappa shape index (κ1) is 14.2. The zero-order valence-electron chi connectivity index (χ0n) is 12.8. The SMILES string of the molecule is CCNC(Cc1ccccc1C)C1COc2ccccc21. The van der Waals surface area contributed by atoms with Crippen molar-refractivity contribution >= 4 is 0 Å². The number of para-hydroxylation sites is 1. The molecule has 1 heterocycles. The third-order valence-electron chi connectivity index (χ3n) is 4.39. The molecule has 2 unspecified atom stereocenters. The Morgan fingerprint density at radius 1 is 1.14 bits per heavy atom. The topological polar surface area (TPSA) is 21.3 Å². The van der Waals surface area contributed by atoms with Gasteiger partial charge in [0.1, 0.15) is 5.75 Å². The fourth-order valence-corrected chi connectivity index (χ4v) is 3.22. The van der Waals surface area contributed by atoms with E-state index in [1.807, 2.05) is 6.07 Å². The quantitative estimate of drug-likeness (QED) is 0.902. The summed E-state index contributed by atoms with van der Waals surface area (Å²) in [5, 5.41) is 3.66. The average molecular weight is 281 g/mol. The van der Waals surface area contributed by atoms with Gasteiger partial charge >= 0.3 is 0 Å². The van der Waals surface area contributed by atoms with Gasteiger partial charge in [-0.1, -0.05) is 49.4 Å². The molecular formula is C19H23NO. The number of hydrogen-bond donors (Lipinski definition) is 1. The van der Waals surface area contributed by atoms with Crippen LogP contribution < -0.4 is 10.1 Å². The number of aryl methyl sites for hydroxylation is 1. The molecule has 21 heavy (non-hydrogen) atoms. The minimum Gasteiger partial charge on any atom is -0.493 e. The van der Waals surface area contributed by atoms with E-state index in [4.69, 9.17) is 4.74 Å². The predicted molar refractivity (Wildman–Crippen MR) is 87.0 cm³/mol. The number of hydrogen-bond acceptors (Lipinski definition) is 2. The largest absolute Gasteiger partial charge is 0.493 e. The fraction of sp³-hybridized carbons (Fsp3) is 0.368. The van der Waals surface area contributed by atoms with Gasteiger partial charge in [-0.2, -0.15) is 0 Å². The first-order chi connectivity index (χ1) is 10.3. The highest BCUT2D eigenvalue weighted by atomic mass is 16.5. The summed E-state index contributed by atoms with van der Waals surface area (Å²) in [4.78, 5) is 0. The highest BCUT2D eigenvalue weighted by Gasteiger charge is 2.30. The molecule has 110 valence electrons. The summed E-state index contributed by atoms with van der Waals surface area (Å²) in [6.45, 7) is 6.13. The van der Waals surface area contributed by atoms with Crippen molar-refractivity contribution in [2.75, 3.05) is 13.2 Å². The minimum atomic E-state index is 0.416. The molecule has 0 aromatic heterocycles. The minimum absolute atomic E-state index is 0.416. The van der Waals surface area contributed by atoms with E-state index in [9.17, 15) is 0 Å². The van der Waals surface area contributed by atoms with Gasteiger partial charge in [-0.15, -0.1) is 0 Å². The highest BCUT2D eigenvalue weighted by molar-refractivity contribution is 5.41. The molecule has 1 aliphatic rings. The van der Waals surface area contributed by atoms with Crippen molar-refractivity contribution in [3.05, 3.63) is 65.2 Å². The van der Waals surface area contributed by atoms with Crippen LogP contribution in [-0.4, -0.2) is 19.2 Å². The maximum atomic E-state index is 5.87. The monoisotopic (exact) mass is 281 g/mol. The Bertz CT molecular complexity index is 608. The second-order valence-corrected chi connectivity index (χ2v) is 5.75. The maximum Gasteiger partial charge on any atom is 0.122 e. The molecule has 0 spiro atoms. The molecule has 0 saturated carbocycles. The number of rotatable bonds is 5. The van der Waals surface area contributed by atoms with Crippen LogP contribution in [0.1, 0.15) is 29.5 Å². The molecule has 0 fully saturated rings. The third-order valence-corrected chi connectivity index (χ3v) is 4.39.